The summed E-state index contributed by atoms with van der Waals surface area (Å²) < 4.78 is 1.50. The molecule has 96 valence electrons. The number of nitriles is 1. The SMILES string of the molecule is Cc1ccc(/C=C(\C#N)n2nnc3ncccc32)cc1. The number of hydrogen-bond donors (Lipinski definition) is 0. The minimum atomic E-state index is 0.407. The van der Waals surface area contributed by atoms with E-state index in [4.69, 9.17) is 0 Å². The standard InChI is InChI=1S/C15H11N5/c1-11-4-6-12(7-5-11)9-13(10-16)20-14-3-2-8-17-15(14)18-19-20/h2-9H,1H3/b13-9+. The normalized spacial score (nSPS) is 11.5. The molecule has 0 saturated heterocycles. The lowest BCUT2D eigenvalue weighted by Gasteiger charge is -2.00. The van der Waals surface area contributed by atoms with E-state index in [9.17, 15) is 5.26 Å². The van der Waals surface area contributed by atoms with Crippen LogP contribution in [0.25, 0.3) is 22.9 Å². The van der Waals surface area contributed by atoms with E-state index in [0.717, 1.165) is 5.56 Å². The van der Waals surface area contributed by atoms with Crippen molar-refractivity contribution in [1.82, 2.24) is 20.0 Å². The van der Waals surface area contributed by atoms with Crippen LogP contribution in [-0.4, -0.2) is 20.0 Å². The van der Waals surface area contributed by atoms with Gasteiger partial charge in [-0.15, -0.1) is 5.10 Å². The van der Waals surface area contributed by atoms with E-state index < -0.39 is 0 Å². The van der Waals surface area contributed by atoms with E-state index in [1.165, 1.54) is 10.2 Å². The second-order valence-electron chi connectivity index (χ2n) is 4.40. The summed E-state index contributed by atoms with van der Waals surface area (Å²) in [4.78, 5) is 4.11. The third-order valence-corrected chi connectivity index (χ3v) is 2.95. The molecule has 0 aliphatic carbocycles. The van der Waals surface area contributed by atoms with Crippen molar-refractivity contribution < 1.29 is 0 Å². The van der Waals surface area contributed by atoms with Crippen LogP contribution in [0.5, 0.6) is 0 Å². The lowest BCUT2D eigenvalue weighted by atomic mass is 10.1. The van der Waals surface area contributed by atoms with Crippen LogP contribution in [0.4, 0.5) is 0 Å². The Morgan fingerprint density at radius 1 is 1.25 bits per heavy atom. The molecule has 3 rings (SSSR count). The van der Waals surface area contributed by atoms with Crippen molar-refractivity contribution >= 4 is 22.9 Å². The van der Waals surface area contributed by atoms with Gasteiger partial charge in [0.2, 0.25) is 5.65 Å². The molecular formula is C15H11N5. The van der Waals surface area contributed by atoms with Crippen molar-refractivity contribution in [1.29, 1.82) is 5.26 Å². The Balaban J connectivity index is 2.10. The van der Waals surface area contributed by atoms with E-state index >= 15 is 0 Å². The predicted molar refractivity (Wildman–Crippen MR) is 76.3 cm³/mol. The van der Waals surface area contributed by atoms with Crippen molar-refractivity contribution in [2.45, 2.75) is 6.92 Å². The summed E-state index contributed by atoms with van der Waals surface area (Å²) in [6.07, 6.45) is 3.43. The Hall–Kier alpha value is -3.00. The fraction of sp³-hybridized carbons (Fsp3) is 0.0667. The number of pyridine rings is 1. The third-order valence-electron chi connectivity index (χ3n) is 2.95. The number of hydrogen-bond acceptors (Lipinski definition) is 4. The first kappa shape index (κ1) is 12.1. The van der Waals surface area contributed by atoms with Gasteiger partial charge in [0.1, 0.15) is 17.3 Å². The van der Waals surface area contributed by atoms with Gasteiger partial charge in [0.25, 0.3) is 0 Å². The molecule has 0 fully saturated rings. The summed E-state index contributed by atoms with van der Waals surface area (Å²) in [5, 5.41) is 17.3. The van der Waals surface area contributed by atoms with Gasteiger partial charge in [-0.25, -0.2) is 9.67 Å². The first-order valence-corrected chi connectivity index (χ1v) is 6.13. The molecule has 5 nitrogen and oxygen atoms in total. The fourth-order valence-corrected chi connectivity index (χ4v) is 1.91. The van der Waals surface area contributed by atoms with Crippen LogP contribution in [-0.2, 0) is 0 Å². The molecule has 5 heteroatoms. The summed E-state index contributed by atoms with van der Waals surface area (Å²) in [7, 11) is 0. The van der Waals surface area contributed by atoms with E-state index in [2.05, 4.69) is 21.4 Å². The average Bonchev–Trinajstić information content (AvgIpc) is 2.91. The van der Waals surface area contributed by atoms with Crippen LogP contribution in [0.1, 0.15) is 11.1 Å². The zero-order valence-corrected chi connectivity index (χ0v) is 10.9. The van der Waals surface area contributed by atoms with Gasteiger partial charge in [0.15, 0.2) is 0 Å². The highest BCUT2D eigenvalue weighted by molar-refractivity contribution is 5.84. The highest BCUT2D eigenvalue weighted by Gasteiger charge is 2.08. The molecular weight excluding hydrogens is 250 g/mol. The Kier molecular flexibility index (Phi) is 2.98. The topological polar surface area (TPSA) is 67.4 Å². The van der Waals surface area contributed by atoms with Crippen LogP contribution >= 0.6 is 0 Å². The third kappa shape index (κ3) is 2.15. The zero-order valence-electron chi connectivity index (χ0n) is 10.9. The highest BCUT2D eigenvalue weighted by atomic mass is 15.4. The van der Waals surface area contributed by atoms with Crippen molar-refractivity contribution in [3.63, 3.8) is 0 Å². The minimum absolute atomic E-state index is 0.407. The van der Waals surface area contributed by atoms with Gasteiger partial charge in [-0.2, -0.15) is 5.26 Å². The number of nitrogens with zero attached hydrogens (tertiary/aromatic N) is 5. The fourth-order valence-electron chi connectivity index (χ4n) is 1.91. The van der Waals surface area contributed by atoms with Gasteiger partial charge in [-0.3, -0.25) is 0 Å². The smallest absolute Gasteiger partial charge is 0.202 e. The largest absolute Gasteiger partial charge is 0.234 e. The van der Waals surface area contributed by atoms with Crippen LogP contribution in [0.3, 0.4) is 0 Å². The van der Waals surface area contributed by atoms with E-state index in [0.29, 0.717) is 16.9 Å². The van der Waals surface area contributed by atoms with Crippen LogP contribution in [0, 0.1) is 18.3 Å². The quantitative estimate of drug-likeness (QED) is 0.665. The number of aryl methyl sites for hydroxylation is 1. The number of fused-ring (bicyclic) bond motifs is 1. The van der Waals surface area contributed by atoms with Crippen LogP contribution < -0.4 is 0 Å². The van der Waals surface area contributed by atoms with Crippen LogP contribution in [0.2, 0.25) is 0 Å². The first-order valence-electron chi connectivity index (χ1n) is 6.13. The van der Waals surface area contributed by atoms with E-state index in [1.807, 2.05) is 37.3 Å². The molecule has 1 aromatic carbocycles. The number of rotatable bonds is 2. The van der Waals surface area contributed by atoms with Gasteiger partial charge < -0.3 is 0 Å². The maximum Gasteiger partial charge on any atom is 0.202 e. The summed E-state index contributed by atoms with van der Waals surface area (Å²) in [5.74, 6) is 0. The zero-order chi connectivity index (χ0) is 13.9. The van der Waals surface area contributed by atoms with E-state index in [-0.39, 0.29) is 0 Å². The van der Waals surface area contributed by atoms with Gasteiger partial charge in [0.05, 0.1) is 0 Å². The molecule has 0 saturated carbocycles. The summed E-state index contributed by atoms with van der Waals surface area (Å²) in [5.41, 5.74) is 3.77. The average molecular weight is 261 g/mol. The summed E-state index contributed by atoms with van der Waals surface area (Å²) in [6, 6.07) is 13.7. The second-order valence-corrected chi connectivity index (χ2v) is 4.40. The van der Waals surface area contributed by atoms with Crippen molar-refractivity contribution in [3.05, 3.63) is 53.7 Å². The molecule has 0 bridgehead atoms. The number of benzene rings is 1. The lowest BCUT2D eigenvalue weighted by molar-refractivity contribution is 0.847. The highest BCUT2D eigenvalue weighted by Crippen LogP contribution is 2.16. The Bertz CT molecular complexity index is 821. The van der Waals surface area contributed by atoms with Crippen LogP contribution in [0.15, 0.2) is 42.6 Å². The molecule has 20 heavy (non-hydrogen) atoms. The Labute approximate surface area is 115 Å². The molecule has 2 heterocycles. The van der Waals surface area contributed by atoms with Gasteiger partial charge >= 0.3 is 0 Å². The van der Waals surface area contributed by atoms with Crippen molar-refractivity contribution in [2.24, 2.45) is 0 Å². The minimum Gasteiger partial charge on any atom is -0.234 e. The maximum atomic E-state index is 9.35. The molecule has 0 atom stereocenters. The number of aromatic nitrogens is 4. The van der Waals surface area contributed by atoms with Gasteiger partial charge in [0, 0.05) is 6.20 Å². The molecule has 0 radical (unpaired) electrons. The Morgan fingerprint density at radius 3 is 2.80 bits per heavy atom. The van der Waals surface area contributed by atoms with Gasteiger partial charge in [-0.05, 0) is 30.7 Å². The molecule has 0 aliphatic heterocycles. The van der Waals surface area contributed by atoms with E-state index in [1.54, 1.807) is 18.3 Å². The predicted octanol–water partition coefficient (Wildman–Crippen LogP) is 2.66. The first-order chi connectivity index (χ1) is 9.78. The molecule has 3 aromatic rings. The summed E-state index contributed by atoms with van der Waals surface area (Å²) >= 11 is 0. The second kappa shape index (κ2) is 4.94. The summed E-state index contributed by atoms with van der Waals surface area (Å²) in [6.45, 7) is 2.02. The molecule has 0 N–H and O–H groups in total. The molecule has 0 unspecified atom stereocenters. The molecule has 0 aliphatic rings. The maximum absolute atomic E-state index is 9.35. The van der Waals surface area contributed by atoms with Crippen molar-refractivity contribution in [3.8, 4) is 6.07 Å². The lowest BCUT2D eigenvalue weighted by Crippen LogP contribution is -1.97. The van der Waals surface area contributed by atoms with Crippen molar-refractivity contribution in [2.75, 3.05) is 0 Å². The molecule has 2 aromatic heterocycles. The van der Waals surface area contributed by atoms with Gasteiger partial charge in [-0.1, -0.05) is 35.0 Å². The molecule has 0 spiro atoms. The molecule has 0 amide bonds. The number of allylic oxidation sites excluding steroid dienone is 1. The monoisotopic (exact) mass is 261 g/mol. The Morgan fingerprint density at radius 2 is 2.05 bits per heavy atom.